The molecule has 8 amide bonds. The molecule has 14 atom stereocenters. The average Bonchev–Trinajstić information content (AvgIpc) is 0.862. The van der Waals surface area contributed by atoms with E-state index in [-0.39, 0.29) is 75.4 Å². The first-order chi connectivity index (χ1) is 50.3. The molecule has 0 radical (unpaired) electrons. The molecule has 4 heterocycles. The van der Waals surface area contributed by atoms with E-state index in [0.29, 0.717) is 37.1 Å². The van der Waals surface area contributed by atoms with Gasteiger partial charge in [0.15, 0.2) is 11.5 Å². The summed E-state index contributed by atoms with van der Waals surface area (Å²) >= 11 is 0. The molecule has 4 aromatic rings. The predicted octanol–water partition coefficient (Wildman–Crippen LogP) is 1.50. The fraction of sp³-hybridized carbons (Fsp3) is 0.563. The molecule has 0 saturated carbocycles. The van der Waals surface area contributed by atoms with Gasteiger partial charge in [-0.15, -0.1) is 13.5 Å². The maximum absolute atomic E-state index is 14.8. The lowest BCUT2D eigenvalue weighted by Crippen LogP contribution is -2.60. The maximum Gasteiger partial charge on any atom is 0.501 e. The number of carbonyl (C=O) groups is 9. The number of aliphatic carboxylic acids is 1. The van der Waals surface area contributed by atoms with Crippen molar-refractivity contribution in [2.24, 2.45) is 23.7 Å². The topological polar surface area (TPSA) is 443 Å². The highest BCUT2D eigenvalue weighted by atomic mass is 32.3. The van der Waals surface area contributed by atoms with E-state index in [1.54, 1.807) is 83.1 Å². The third-order valence-corrected chi connectivity index (χ3v) is 19.5. The number of amides is 8. The van der Waals surface area contributed by atoms with Gasteiger partial charge in [0.05, 0.1) is 75.7 Å². The summed E-state index contributed by atoms with van der Waals surface area (Å²) in [6.45, 7) is 11.8. The molecule has 7 rings (SSSR count). The number of nitrogens with zero attached hydrogens (tertiary/aromatic N) is 7. The van der Waals surface area contributed by atoms with E-state index >= 15 is 0 Å². The van der Waals surface area contributed by atoms with E-state index < -0.39 is 167 Å². The lowest BCUT2D eigenvalue weighted by molar-refractivity contribution is -0.277. The second-order valence-corrected chi connectivity index (χ2v) is 28.0. The summed E-state index contributed by atoms with van der Waals surface area (Å²) in [5, 5.41) is 67.4. The number of aliphatic hydroxyl groups is 4. The monoisotopic (exact) mass is 1510 g/mol. The van der Waals surface area contributed by atoms with Crippen LogP contribution in [0.2, 0.25) is 0 Å². The first-order valence-electron chi connectivity index (χ1n) is 34.8. The first-order valence-corrected chi connectivity index (χ1v) is 36.2. The molecule has 3 aromatic carbocycles. The van der Waals surface area contributed by atoms with Crippen molar-refractivity contribution in [1.29, 1.82) is 0 Å². The van der Waals surface area contributed by atoms with E-state index in [9.17, 15) is 77.1 Å². The van der Waals surface area contributed by atoms with Crippen LogP contribution in [0.25, 0.3) is 0 Å². The number of ether oxygens (including phenoxy) is 6. The van der Waals surface area contributed by atoms with E-state index in [2.05, 4.69) is 26.3 Å². The standard InChI is InChI=1S/C71H98N10O24S/c1-12-42(6)60(53(98-10)35-57(85)80-29-16-19-50(80)64(99-11)43(7)65(89)73-49(69(93)94)33-44-17-14-13-15-18-44)77(8)68(92)58(40(2)3)74-67(91)59(41(4)5)78(9)71(95)101-39-45-20-23-48(24-21-45)104-106(96,97)105-52-34-46(22-25-51(52)102-70-63(88)62(87)61(86)54(38-82)103-70)66(90)72-28-31-100-32-30-79-36-47(75-76-79)37-81-55(83)26-27-56(81)84/h13-15,17-18,20-27,34,36,40-43,49-50,53-54,58-64,70,82,86-88H,12,16,19,28-33,35,37-39H2,1-11H3,(H,72,90)(H,73,89)(H,74,91)(H,93,94)/t42?,43-,49?,50+,53-,54-,58+,59+,60+,61+,62+,63-,64-,70?/m1/s1. The molecule has 2 fully saturated rings. The quantitative estimate of drug-likeness (QED) is 0.0232. The number of hydrogen-bond acceptors (Lipinski definition) is 25. The van der Waals surface area contributed by atoms with Crippen molar-refractivity contribution in [3.05, 3.63) is 114 Å². The minimum atomic E-state index is -5.15. The number of rotatable bonds is 39. The Balaban J connectivity index is 0.943. The Labute approximate surface area is 614 Å². The molecule has 34 nitrogen and oxygen atoms in total. The summed E-state index contributed by atoms with van der Waals surface area (Å²) in [6, 6.07) is 12.5. The van der Waals surface area contributed by atoms with Crippen LogP contribution in [0.5, 0.6) is 17.2 Å². The smallest absolute Gasteiger partial charge is 0.480 e. The first kappa shape index (κ1) is 84.1. The molecular weight excluding hydrogens is 1410 g/mol. The van der Waals surface area contributed by atoms with Gasteiger partial charge in [0.25, 0.3) is 17.7 Å². The van der Waals surface area contributed by atoms with Crippen LogP contribution in [0.4, 0.5) is 4.79 Å². The number of aromatic nitrogens is 3. The van der Waals surface area contributed by atoms with Crippen molar-refractivity contribution in [3.63, 3.8) is 0 Å². The van der Waals surface area contributed by atoms with Crippen LogP contribution in [-0.2, 0) is 93.8 Å². The summed E-state index contributed by atoms with van der Waals surface area (Å²) < 4.78 is 73.7. The van der Waals surface area contributed by atoms with Gasteiger partial charge in [-0.05, 0) is 72.1 Å². The van der Waals surface area contributed by atoms with Crippen molar-refractivity contribution in [3.8, 4) is 17.2 Å². The number of likely N-dealkylation sites (tertiary alicyclic amines) is 1. The zero-order chi connectivity index (χ0) is 77.9. The molecule has 3 unspecified atom stereocenters. The van der Waals surface area contributed by atoms with Gasteiger partial charge in [-0.2, -0.15) is 0 Å². The number of likely N-dealkylation sites (N-methyl/N-ethyl adjacent to an activating group) is 2. The van der Waals surface area contributed by atoms with Gasteiger partial charge in [-0.25, -0.2) is 14.3 Å². The molecular formula is C71H98N10O24S. The Kier molecular flexibility index (Phi) is 30.8. The summed E-state index contributed by atoms with van der Waals surface area (Å²) in [6.07, 6.45) is -6.02. The van der Waals surface area contributed by atoms with Gasteiger partial charge in [0, 0.05) is 65.5 Å². The Morgan fingerprint density at radius 1 is 0.792 bits per heavy atom. The SMILES string of the molecule is CCC(C)[C@@H]([C@@H](CC(=O)N1CCC[C@H]1[C@H](OC)[C@@H](C)C(=O)NC(Cc1ccccc1)C(=O)O)OC)N(C)C(=O)[C@@H](NC(=O)[C@H](C(C)C)N(C)C(=O)OCc1ccc(OS(=O)(=O)Oc2cc(C(=O)NCCOCCn3cc(CN4C(=O)C=CC4=O)nn3)ccc2OC2O[C@H](CO)[C@H](O)[C@H](O)[C@H]2O)cc1)C(C)C. The molecule has 3 aliphatic rings. The van der Waals surface area contributed by atoms with E-state index in [4.69, 9.17) is 36.8 Å². The van der Waals surface area contributed by atoms with Crippen LogP contribution < -0.4 is 29.1 Å². The predicted molar refractivity (Wildman–Crippen MR) is 375 cm³/mol. The molecule has 1 aromatic heterocycles. The molecule has 35 heteroatoms. The van der Waals surface area contributed by atoms with Crippen LogP contribution in [0.3, 0.4) is 0 Å². The van der Waals surface area contributed by atoms with Crippen molar-refractivity contribution < 1.29 is 114 Å². The summed E-state index contributed by atoms with van der Waals surface area (Å²) in [5.74, 6) is -8.50. The van der Waals surface area contributed by atoms with Crippen LogP contribution in [0, 0.1) is 23.7 Å². The summed E-state index contributed by atoms with van der Waals surface area (Å²) in [4.78, 5) is 126. The van der Waals surface area contributed by atoms with Gasteiger partial charge >= 0.3 is 22.5 Å². The number of aliphatic hydroxyl groups excluding tert-OH is 4. The van der Waals surface area contributed by atoms with Crippen LogP contribution in [0.15, 0.2) is 91.1 Å². The van der Waals surface area contributed by atoms with E-state index in [1.165, 1.54) is 61.2 Å². The number of hydrogen-bond donors (Lipinski definition) is 8. The van der Waals surface area contributed by atoms with Gasteiger partial charge in [-0.1, -0.05) is 103 Å². The lowest BCUT2D eigenvalue weighted by atomic mass is 9.89. The number of nitrogens with one attached hydrogen (secondary N) is 3. The highest BCUT2D eigenvalue weighted by Crippen LogP contribution is 2.35. The minimum Gasteiger partial charge on any atom is -0.480 e. The molecule has 106 heavy (non-hydrogen) atoms. The Morgan fingerprint density at radius 3 is 2.10 bits per heavy atom. The average molecular weight is 1510 g/mol. The number of carboxylic acid groups (broad SMARTS) is 1. The van der Waals surface area contributed by atoms with Crippen molar-refractivity contribution >= 4 is 63.8 Å². The molecule has 582 valence electrons. The zero-order valence-corrected chi connectivity index (χ0v) is 61.9. The Bertz CT molecular complexity index is 3790. The number of carbonyl (C=O) groups excluding carboxylic acids is 8. The Hall–Kier alpha value is -9.20. The molecule has 0 bridgehead atoms. The lowest BCUT2D eigenvalue weighted by Gasteiger charge is -2.41. The molecule has 2 saturated heterocycles. The third-order valence-electron chi connectivity index (χ3n) is 18.8. The third kappa shape index (κ3) is 22.2. The fourth-order valence-electron chi connectivity index (χ4n) is 12.8. The number of carboxylic acids is 1. The fourth-order valence-corrected chi connectivity index (χ4v) is 13.5. The van der Waals surface area contributed by atoms with Crippen LogP contribution in [-0.4, -0.2) is 256 Å². The number of imide groups is 1. The highest BCUT2D eigenvalue weighted by molar-refractivity contribution is 7.82. The number of benzene rings is 3. The minimum absolute atomic E-state index is 0.00418. The largest absolute Gasteiger partial charge is 0.501 e. The van der Waals surface area contributed by atoms with Crippen molar-refractivity contribution in [2.75, 3.05) is 61.2 Å². The number of methoxy groups -OCH3 is 2. The molecule has 0 spiro atoms. The maximum atomic E-state index is 14.8. The van der Waals surface area contributed by atoms with E-state index in [0.717, 1.165) is 39.6 Å². The zero-order valence-electron chi connectivity index (χ0n) is 61.1. The normalized spacial score (nSPS) is 20.4. The second-order valence-electron chi connectivity index (χ2n) is 26.9. The van der Waals surface area contributed by atoms with E-state index in [1.807, 2.05) is 13.8 Å². The summed E-state index contributed by atoms with van der Waals surface area (Å²) in [7, 11) is 0.676. The van der Waals surface area contributed by atoms with Gasteiger partial charge < -0.3 is 88.1 Å². The van der Waals surface area contributed by atoms with Gasteiger partial charge in [0.2, 0.25) is 29.9 Å². The molecule has 0 aliphatic carbocycles. The van der Waals surface area contributed by atoms with Crippen molar-refractivity contribution in [1.82, 2.24) is 50.5 Å². The molecule has 8 N–H and O–H groups in total. The summed E-state index contributed by atoms with van der Waals surface area (Å²) in [5.41, 5.74) is 1.25. The van der Waals surface area contributed by atoms with Gasteiger partial charge in [0.1, 0.15) is 60.6 Å². The van der Waals surface area contributed by atoms with Crippen molar-refractivity contribution in [2.45, 2.75) is 173 Å². The van der Waals surface area contributed by atoms with Crippen LogP contribution in [0.1, 0.15) is 101 Å². The highest BCUT2D eigenvalue weighted by Gasteiger charge is 2.47. The molecule has 3 aliphatic heterocycles. The van der Waals surface area contributed by atoms with Crippen LogP contribution >= 0.6 is 0 Å². The second kappa shape index (κ2) is 38.9. The van der Waals surface area contributed by atoms with Gasteiger partial charge in [-0.3, -0.25) is 43.4 Å². The Morgan fingerprint density at radius 2 is 1.48 bits per heavy atom.